The van der Waals surface area contributed by atoms with Crippen LogP contribution in [0.15, 0.2) is 53.4 Å². The van der Waals surface area contributed by atoms with Gasteiger partial charge < -0.3 is 16.4 Å². The molecule has 0 radical (unpaired) electrons. The summed E-state index contributed by atoms with van der Waals surface area (Å²) < 4.78 is 0. The van der Waals surface area contributed by atoms with Crippen LogP contribution in [0.25, 0.3) is 0 Å². The molecule has 0 aliphatic heterocycles. The summed E-state index contributed by atoms with van der Waals surface area (Å²) in [5, 5.41) is 5.79. The van der Waals surface area contributed by atoms with Gasteiger partial charge in [-0.3, -0.25) is 9.59 Å². The van der Waals surface area contributed by atoms with E-state index in [1.165, 1.54) is 11.8 Å². The minimum absolute atomic E-state index is 0. The summed E-state index contributed by atoms with van der Waals surface area (Å²) in [6.07, 6.45) is 0.734. The van der Waals surface area contributed by atoms with Crippen molar-refractivity contribution in [1.82, 2.24) is 10.6 Å². The zero-order chi connectivity index (χ0) is 18.9. The normalized spacial score (nSPS) is 10.2. The fourth-order valence-electron chi connectivity index (χ4n) is 2.39. The molecule has 0 saturated heterocycles. The van der Waals surface area contributed by atoms with Crippen molar-refractivity contribution in [3.63, 3.8) is 0 Å². The number of rotatable bonds is 8. The van der Waals surface area contributed by atoms with E-state index in [4.69, 9.17) is 5.73 Å². The van der Waals surface area contributed by atoms with Crippen molar-refractivity contribution in [3.05, 3.63) is 59.7 Å². The van der Waals surface area contributed by atoms with Crippen LogP contribution in [-0.4, -0.2) is 30.2 Å². The number of anilines is 1. The van der Waals surface area contributed by atoms with Crippen molar-refractivity contribution >= 4 is 41.7 Å². The molecule has 0 unspecified atom stereocenters. The van der Waals surface area contributed by atoms with E-state index in [9.17, 15) is 9.59 Å². The fraction of sp³-hybridized carbons (Fsp3) is 0.300. The molecular weight excluding hydrogens is 382 g/mol. The molecule has 146 valence electrons. The summed E-state index contributed by atoms with van der Waals surface area (Å²) in [5.41, 5.74) is 8.11. The van der Waals surface area contributed by atoms with Gasteiger partial charge >= 0.3 is 0 Å². The Morgan fingerprint density at radius 2 is 1.74 bits per heavy atom. The first-order valence-corrected chi connectivity index (χ1v) is 9.58. The number of hydrogen-bond donors (Lipinski definition) is 3. The second-order valence-electron chi connectivity index (χ2n) is 6.25. The lowest BCUT2D eigenvalue weighted by Gasteiger charge is -2.11. The smallest absolute Gasteiger partial charge is 0.252 e. The lowest BCUT2D eigenvalue weighted by molar-refractivity contribution is -0.119. The van der Waals surface area contributed by atoms with Gasteiger partial charge in [0.25, 0.3) is 5.91 Å². The predicted molar refractivity (Wildman–Crippen MR) is 115 cm³/mol. The van der Waals surface area contributed by atoms with Crippen molar-refractivity contribution in [3.8, 4) is 0 Å². The highest BCUT2D eigenvalue weighted by Crippen LogP contribution is 2.22. The highest BCUT2D eigenvalue weighted by molar-refractivity contribution is 8.00. The quantitative estimate of drug-likeness (QED) is 0.463. The van der Waals surface area contributed by atoms with Crippen LogP contribution < -0.4 is 16.4 Å². The molecule has 0 aliphatic carbocycles. The first kappa shape index (κ1) is 22.9. The Morgan fingerprint density at radius 3 is 2.41 bits per heavy atom. The van der Waals surface area contributed by atoms with Crippen LogP contribution in [0.3, 0.4) is 0 Å². The minimum atomic E-state index is -0.132. The Balaban J connectivity index is 0.00000364. The Kier molecular flexibility index (Phi) is 9.75. The van der Waals surface area contributed by atoms with Crippen molar-refractivity contribution in [2.24, 2.45) is 0 Å². The van der Waals surface area contributed by atoms with Gasteiger partial charge in [0.15, 0.2) is 0 Å². The van der Waals surface area contributed by atoms with Crippen LogP contribution >= 0.6 is 24.2 Å². The topological polar surface area (TPSA) is 84.2 Å². The zero-order valence-corrected chi connectivity index (χ0v) is 17.2. The molecule has 0 fully saturated rings. The number of nitrogens with one attached hydrogen (secondary N) is 2. The molecule has 2 aromatic carbocycles. The molecule has 5 nitrogen and oxygen atoms in total. The number of amides is 2. The van der Waals surface area contributed by atoms with Crippen LogP contribution in [0.5, 0.6) is 0 Å². The highest BCUT2D eigenvalue weighted by Gasteiger charge is 2.12. The minimum Gasteiger partial charge on any atom is -0.399 e. The number of benzene rings is 2. The van der Waals surface area contributed by atoms with Gasteiger partial charge in [-0.15, -0.1) is 24.2 Å². The number of carbonyl (C=O) groups excluding carboxylic acids is 2. The second kappa shape index (κ2) is 11.5. The van der Waals surface area contributed by atoms with Crippen molar-refractivity contribution in [2.75, 3.05) is 18.0 Å². The first-order chi connectivity index (χ1) is 12.5. The van der Waals surface area contributed by atoms with Crippen molar-refractivity contribution in [2.45, 2.75) is 31.2 Å². The third-order valence-electron chi connectivity index (χ3n) is 3.62. The van der Waals surface area contributed by atoms with E-state index in [1.54, 1.807) is 6.07 Å². The Labute approximate surface area is 170 Å². The Bertz CT molecular complexity index is 751. The van der Waals surface area contributed by atoms with E-state index in [2.05, 4.69) is 10.6 Å². The number of thioether (sulfide) groups is 1. The summed E-state index contributed by atoms with van der Waals surface area (Å²) in [6.45, 7) is 4.38. The predicted octanol–water partition coefficient (Wildman–Crippen LogP) is 3.28. The molecule has 0 atom stereocenters. The number of hydrogen-bond acceptors (Lipinski definition) is 4. The largest absolute Gasteiger partial charge is 0.399 e. The molecule has 4 N–H and O–H groups in total. The number of halogens is 1. The Morgan fingerprint density at radius 1 is 1.07 bits per heavy atom. The van der Waals surface area contributed by atoms with Crippen LogP contribution in [0.2, 0.25) is 0 Å². The van der Waals surface area contributed by atoms with Gasteiger partial charge in [0.2, 0.25) is 5.91 Å². The molecule has 27 heavy (non-hydrogen) atoms. The molecule has 2 aromatic rings. The van der Waals surface area contributed by atoms with Gasteiger partial charge in [0, 0.05) is 23.2 Å². The average Bonchev–Trinajstić information content (AvgIpc) is 2.61. The van der Waals surface area contributed by atoms with E-state index in [1.807, 2.05) is 56.3 Å². The summed E-state index contributed by atoms with van der Waals surface area (Å²) in [7, 11) is 0. The lowest BCUT2D eigenvalue weighted by atomic mass is 10.1. The maximum Gasteiger partial charge on any atom is 0.252 e. The lowest BCUT2D eigenvalue weighted by Crippen LogP contribution is -2.31. The first-order valence-electron chi connectivity index (χ1n) is 8.59. The molecule has 0 spiro atoms. The van der Waals surface area contributed by atoms with Gasteiger partial charge in [-0.1, -0.05) is 24.3 Å². The SMILES string of the molecule is CC(C)NC(=O)CSc1ccccc1C(=O)NCCc1ccc(N)cc1.Cl. The highest BCUT2D eigenvalue weighted by atomic mass is 35.5. The molecule has 0 saturated carbocycles. The monoisotopic (exact) mass is 407 g/mol. The van der Waals surface area contributed by atoms with E-state index < -0.39 is 0 Å². The van der Waals surface area contributed by atoms with Crippen LogP contribution in [-0.2, 0) is 11.2 Å². The van der Waals surface area contributed by atoms with Gasteiger partial charge in [-0.2, -0.15) is 0 Å². The molecule has 0 aromatic heterocycles. The third kappa shape index (κ3) is 7.93. The summed E-state index contributed by atoms with van der Waals surface area (Å²) in [6, 6.07) is 15.1. The molecule has 7 heteroatoms. The van der Waals surface area contributed by atoms with Crippen molar-refractivity contribution < 1.29 is 9.59 Å². The molecule has 2 amide bonds. The summed E-state index contributed by atoms with van der Waals surface area (Å²) in [5.74, 6) is 0.116. The maximum absolute atomic E-state index is 12.5. The van der Waals surface area contributed by atoms with E-state index >= 15 is 0 Å². The third-order valence-corrected chi connectivity index (χ3v) is 4.69. The van der Waals surface area contributed by atoms with Crippen LogP contribution in [0.4, 0.5) is 5.69 Å². The van der Waals surface area contributed by atoms with Gasteiger partial charge in [0.05, 0.1) is 11.3 Å². The van der Waals surface area contributed by atoms with Crippen molar-refractivity contribution in [1.29, 1.82) is 0 Å². The average molecular weight is 408 g/mol. The van der Waals surface area contributed by atoms with Gasteiger partial charge in [-0.25, -0.2) is 0 Å². The standard InChI is InChI=1S/C20H25N3O2S.ClH/c1-14(2)23-19(24)13-26-18-6-4-3-5-17(18)20(25)22-12-11-15-7-9-16(21)10-8-15;/h3-10,14H,11-13,21H2,1-2H3,(H,22,25)(H,23,24);1H. The van der Waals surface area contributed by atoms with Gasteiger partial charge in [0.1, 0.15) is 0 Å². The Hall–Kier alpha value is -2.18. The molecule has 0 heterocycles. The zero-order valence-electron chi connectivity index (χ0n) is 15.5. The number of nitrogen functional groups attached to an aromatic ring is 1. The summed E-state index contributed by atoms with van der Waals surface area (Å²) in [4.78, 5) is 25.1. The van der Waals surface area contributed by atoms with Gasteiger partial charge in [-0.05, 0) is 50.1 Å². The van der Waals surface area contributed by atoms with E-state index in [0.717, 1.165) is 22.6 Å². The second-order valence-corrected chi connectivity index (χ2v) is 7.27. The summed E-state index contributed by atoms with van der Waals surface area (Å²) >= 11 is 1.37. The molecule has 2 rings (SSSR count). The number of nitrogens with two attached hydrogens (primary N) is 1. The van der Waals surface area contributed by atoms with E-state index in [-0.39, 0.29) is 36.0 Å². The van der Waals surface area contributed by atoms with Crippen LogP contribution in [0, 0.1) is 0 Å². The molecule has 0 bridgehead atoms. The fourth-order valence-corrected chi connectivity index (χ4v) is 3.25. The van der Waals surface area contributed by atoms with Crippen LogP contribution in [0.1, 0.15) is 29.8 Å². The maximum atomic E-state index is 12.5. The number of carbonyl (C=O) groups is 2. The molecule has 0 aliphatic rings. The molecular formula is C20H26ClN3O2S. The van der Waals surface area contributed by atoms with E-state index in [0.29, 0.717) is 12.1 Å².